The van der Waals surface area contributed by atoms with Crippen LogP contribution in [0.3, 0.4) is 0 Å². The van der Waals surface area contributed by atoms with E-state index in [0.717, 1.165) is 12.2 Å². The van der Waals surface area contributed by atoms with Gasteiger partial charge < -0.3 is 4.74 Å². The summed E-state index contributed by atoms with van der Waals surface area (Å²) in [7, 11) is 1.72. The molecule has 1 heteroatoms. The van der Waals surface area contributed by atoms with Crippen LogP contribution in [0.15, 0.2) is 60.7 Å². The molecule has 0 unspecified atom stereocenters. The van der Waals surface area contributed by atoms with Gasteiger partial charge in [0.2, 0.25) is 0 Å². The fourth-order valence-electron chi connectivity index (χ4n) is 2.20. The Kier molecular flexibility index (Phi) is 5.19. The number of hydrogen-bond donors (Lipinski definition) is 0. The number of hydrogen-bond acceptors (Lipinski definition) is 1. The first kappa shape index (κ1) is 14.1. The predicted octanol–water partition coefficient (Wildman–Crippen LogP) is 4.98. The van der Waals surface area contributed by atoms with Crippen LogP contribution in [0, 0.1) is 0 Å². The lowest BCUT2D eigenvalue weighted by Crippen LogP contribution is -1.93. The summed E-state index contributed by atoms with van der Waals surface area (Å²) in [5.41, 5.74) is 3.67. The molecule has 102 valence electrons. The van der Waals surface area contributed by atoms with Crippen molar-refractivity contribution in [2.75, 3.05) is 7.11 Å². The Bertz CT molecular complexity index is 594. The van der Waals surface area contributed by atoms with E-state index in [-0.39, 0.29) is 0 Å². The highest BCUT2D eigenvalue weighted by molar-refractivity contribution is 5.61. The van der Waals surface area contributed by atoms with Crippen LogP contribution in [0.1, 0.15) is 23.6 Å². The average molecular weight is 264 g/mol. The quantitative estimate of drug-likeness (QED) is 0.692. The van der Waals surface area contributed by atoms with Crippen molar-refractivity contribution in [2.24, 2.45) is 0 Å². The summed E-state index contributed by atoms with van der Waals surface area (Å²) in [5.74, 6) is 0.960. The Hall–Kier alpha value is -2.28. The van der Waals surface area contributed by atoms with Crippen LogP contribution in [0.25, 0.3) is 12.2 Å². The molecule has 0 heterocycles. The Morgan fingerprint density at radius 3 is 2.35 bits per heavy atom. The van der Waals surface area contributed by atoms with Crippen LogP contribution < -0.4 is 4.74 Å². The fourth-order valence-corrected chi connectivity index (χ4v) is 2.20. The SMILES string of the molecule is CCc1c(/C=C/C=C/c2ccccc2)cccc1OC. The lowest BCUT2D eigenvalue weighted by molar-refractivity contribution is 0.410. The summed E-state index contributed by atoms with van der Waals surface area (Å²) in [6.45, 7) is 2.15. The maximum Gasteiger partial charge on any atom is 0.122 e. The highest BCUT2D eigenvalue weighted by Gasteiger charge is 2.03. The molecule has 0 radical (unpaired) electrons. The van der Waals surface area contributed by atoms with E-state index >= 15 is 0 Å². The van der Waals surface area contributed by atoms with Crippen molar-refractivity contribution in [3.63, 3.8) is 0 Å². The molecule has 0 fully saturated rings. The van der Waals surface area contributed by atoms with E-state index in [1.807, 2.05) is 30.3 Å². The Morgan fingerprint density at radius 2 is 1.65 bits per heavy atom. The highest BCUT2D eigenvalue weighted by Crippen LogP contribution is 2.23. The van der Waals surface area contributed by atoms with Crippen molar-refractivity contribution in [3.8, 4) is 5.75 Å². The molecule has 0 saturated carbocycles. The van der Waals surface area contributed by atoms with Crippen molar-refractivity contribution in [1.29, 1.82) is 0 Å². The molecule has 2 aromatic rings. The number of rotatable bonds is 5. The van der Waals surface area contributed by atoms with Gasteiger partial charge in [0.25, 0.3) is 0 Å². The van der Waals surface area contributed by atoms with Crippen LogP contribution >= 0.6 is 0 Å². The molecule has 0 N–H and O–H groups in total. The van der Waals surface area contributed by atoms with Crippen LogP contribution in [0.5, 0.6) is 5.75 Å². The largest absolute Gasteiger partial charge is 0.496 e. The van der Waals surface area contributed by atoms with E-state index in [1.54, 1.807) is 7.11 Å². The molecule has 20 heavy (non-hydrogen) atoms. The number of benzene rings is 2. The molecule has 0 saturated heterocycles. The van der Waals surface area contributed by atoms with Crippen molar-refractivity contribution in [2.45, 2.75) is 13.3 Å². The zero-order chi connectivity index (χ0) is 14.2. The van der Waals surface area contributed by atoms with E-state index in [1.165, 1.54) is 16.7 Å². The molecule has 0 atom stereocenters. The molecule has 0 aliphatic carbocycles. The second-order valence-electron chi connectivity index (χ2n) is 4.51. The minimum atomic E-state index is 0.960. The molecular formula is C19H20O. The molecule has 0 aliphatic heterocycles. The van der Waals surface area contributed by atoms with E-state index < -0.39 is 0 Å². The molecular weight excluding hydrogens is 244 g/mol. The Morgan fingerprint density at radius 1 is 0.900 bits per heavy atom. The first-order valence-corrected chi connectivity index (χ1v) is 6.91. The second-order valence-corrected chi connectivity index (χ2v) is 4.51. The Balaban J connectivity index is 2.14. The highest BCUT2D eigenvalue weighted by atomic mass is 16.5. The standard InChI is InChI=1S/C19H20O/c1-3-18-17(14-9-15-19(18)20-2)13-8-7-12-16-10-5-4-6-11-16/h4-15H,3H2,1-2H3/b12-7+,13-8+. The summed E-state index contributed by atoms with van der Waals surface area (Å²) in [5, 5.41) is 0. The van der Waals surface area contributed by atoms with Crippen molar-refractivity contribution >= 4 is 12.2 Å². The number of methoxy groups -OCH3 is 1. The topological polar surface area (TPSA) is 9.23 Å². The van der Waals surface area contributed by atoms with Crippen LogP contribution in [-0.2, 0) is 6.42 Å². The molecule has 0 spiro atoms. The first-order valence-electron chi connectivity index (χ1n) is 6.91. The third-order valence-electron chi connectivity index (χ3n) is 3.22. The van der Waals surface area contributed by atoms with Gasteiger partial charge in [-0.2, -0.15) is 0 Å². The summed E-state index contributed by atoms with van der Waals surface area (Å²) >= 11 is 0. The summed E-state index contributed by atoms with van der Waals surface area (Å²) in [4.78, 5) is 0. The van der Waals surface area contributed by atoms with Gasteiger partial charge in [-0.3, -0.25) is 0 Å². The minimum absolute atomic E-state index is 0.960. The monoisotopic (exact) mass is 264 g/mol. The number of ether oxygens (including phenoxy) is 1. The maximum absolute atomic E-state index is 5.40. The first-order chi connectivity index (χ1) is 9.85. The van der Waals surface area contributed by atoms with E-state index in [9.17, 15) is 0 Å². The molecule has 0 aliphatic rings. The average Bonchev–Trinajstić information content (AvgIpc) is 2.52. The predicted molar refractivity (Wildman–Crippen MR) is 86.9 cm³/mol. The van der Waals surface area contributed by atoms with Gasteiger partial charge >= 0.3 is 0 Å². The smallest absolute Gasteiger partial charge is 0.122 e. The van der Waals surface area contributed by atoms with Gasteiger partial charge in [-0.25, -0.2) is 0 Å². The third kappa shape index (κ3) is 3.61. The van der Waals surface area contributed by atoms with Gasteiger partial charge in [0.1, 0.15) is 5.75 Å². The van der Waals surface area contributed by atoms with Gasteiger partial charge in [-0.1, -0.05) is 73.7 Å². The molecule has 2 rings (SSSR count). The third-order valence-corrected chi connectivity index (χ3v) is 3.22. The van der Waals surface area contributed by atoms with Crippen LogP contribution in [0.4, 0.5) is 0 Å². The fraction of sp³-hybridized carbons (Fsp3) is 0.158. The zero-order valence-corrected chi connectivity index (χ0v) is 12.0. The molecule has 0 aromatic heterocycles. The molecule has 0 bridgehead atoms. The molecule has 2 aromatic carbocycles. The van der Waals surface area contributed by atoms with Gasteiger partial charge in [0.05, 0.1) is 7.11 Å². The van der Waals surface area contributed by atoms with Crippen LogP contribution in [0.2, 0.25) is 0 Å². The van der Waals surface area contributed by atoms with Crippen molar-refractivity contribution in [3.05, 3.63) is 77.4 Å². The van der Waals surface area contributed by atoms with Crippen molar-refractivity contribution < 1.29 is 4.74 Å². The zero-order valence-electron chi connectivity index (χ0n) is 12.0. The minimum Gasteiger partial charge on any atom is -0.496 e. The molecule has 0 amide bonds. The van der Waals surface area contributed by atoms with Crippen LogP contribution in [-0.4, -0.2) is 7.11 Å². The van der Waals surface area contributed by atoms with Gasteiger partial charge in [-0.15, -0.1) is 0 Å². The summed E-state index contributed by atoms with van der Waals surface area (Å²) in [6.07, 6.45) is 9.32. The van der Waals surface area contributed by atoms with Gasteiger partial charge in [-0.05, 0) is 23.6 Å². The second kappa shape index (κ2) is 7.34. The van der Waals surface area contributed by atoms with Gasteiger partial charge in [0.15, 0.2) is 0 Å². The maximum atomic E-state index is 5.40. The number of allylic oxidation sites excluding steroid dienone is 2. The normalized spacial score (nSPS) is 11.3. The Labute approximate surface area is 121 Å². The summed E-state index contributed by atoms with van der Waals surface area (Å²) in [6, 6.07) is 16.4. The van der Waals surface area contributed by atoms with E-state index in [4.69, 9.17) is 4.74 Å². The lowest BCUT2D eigenvalue weighted by Gasteiger charge is -2.09. The van der Waals surface area contributed by atoms with Gasteiger partial charge in [0, 0.05) is 5.56 Å². The molecule has 1 nitrogen and oxygen atoms in total. The van der Waals surface area contributed by atoms with E-state index in [0.29, 0.717) is 0 Å². The summed E-state index contributed by atoms with van der Waals surface area (Å²) < 4.78 is 5.40. The van der Waals surface area contributed by atoms with Crippen molar-refractivity contribution in [1.82, 2.24) is 0 Å². The van der Waals surface area contributed by atoms with E-state index in [2.05, 4.69) is 49.4 Å². The lowest BCUT2D eigenvalue weighted by atomic mass is 10.0.